The van der Waals surface area contributed by atoms with Crippen LogP contribution in [0.4, 0.5) is 17.1 Å². The number of benzene rings is 3. The van der Waals surface area contributed by atoms with Gasteiger partial charge < -0.3 is 14.8 Å². The number of nitrogens with one attached hydrogen (secondary N) is 2. The maximum Gasteiger partial charge on any atom is 0.311 e. The Bertz CT molecular complexity index is 1260. The number of amides is 1. The second-order valence-corrected chi connectivity index (χ2v) is 8.14. The van der Waals surface area contributed by atoms with Crippen molar-refractivity contribution < 1.29 is 27.6 Å². The molecule has 0 saturated heterocycles. The standard InChI is InChI=1S/C21H19N3O7S/c1-30-17-9-7-15(8-10-17)23-32(28,29)18-5-3-4-16(13-18)22-21(25)14-6-11-20(31-2)19(12-14)24(26)27/h3-13,23H,1-2H3,(H,22,25). The molecule has 10 nitrogen and oxygen atoms in total. The summed E-state index contributed by atoms with van der Waals surface area (Å²) in [6.07, 6.45) is 0. The average molecular weight is 457 g/mol. The quantitative estimate of drug-likeness (QED) is 0.389. The Hall–Kier alpha value is -4.12. The predicted octanol–water partition coefficient (Wildman–Crippen LogP) is 3.67. The number of carbonyl (C=O) groups excluding carboxylic acids is 1. The lowest BCUT2D eigenvalue weighted by atomic mass is 10.1. The van der Waals surface area contributed by atoms with E-state index in [1.165, 1.54) is 50.6 Å². The Labute approximate surface area is 184 Å². The van der Waals surface area contributed by atoms with Gasteiger partial charge in [-0.3, -0.25) is 19.6 Å². The molecule has 32 heavy (non-hydrogen) atoms. The lowest BCUT2D eigenvalue weighted by molar-refractivity contribution is -0.385. The minimum absolute atomic E-state index is 0.0159. The van der Waals surface area contributed by atoms with Crippen LogP contribution in [0, 0.1) is 10.1 Å². The molecule has 0 spiro atoms. The molecular formula is C21H19N3O7S. The van der Waals surface area contributed by atoms with Crippen molar-refractivity contribution in [3.8, 4) is 11.5 Å². The van der Waals surface area contributed by atoms with E-state index in [0.29, 0.717) is 11.4 Å². The van der Waals surface area contributed by atoms with Gasteiger partial charge in [-0.2, -0.15) is 0 Å². The van der Waals surface area contributed by atoms with Crippen molar-refractivity contribution in [3.63, 3.8) is 0 Å². The van der Waals surface area contributed by atoms with Crippen LogP contribution < -0.4 is 19.5 Å². The number of nitro benzene ring substituents is 1. The van der Waals surface area contributed by atoms with Crippen LogP contribution in [-0.2, 0) is 10.0 Å². The highest BCUT2D eigenvalue weighted by Crippen LogP contribution is 2.28. The van der Waals surface area contributed by atoms with Crippen LogP contribution in [0.2, 0.25) is 0 Å². The number of nitro groups is 1. The first-order chi connectivity index (χ1) is 15.2. The van der Waals surface area contributed by atoms with E-state index < -0.39 is 20.9 Å². The molecule has 0 atom stereocenters. The van der Waals surface area contributed by atoms with Gasteiger partial charge in [-0.05, 0) is 54.6 Å². The summed E-state index contributed by atoms with van der Waals surface area (Å²) in [4.78, 5) is 23.0. The Balaban J connectivity index is 1.80. The van der Waals surface area contributed by atoms with Crippen molar-refractivity contribution >= 4 is 33.0 Å². The van der Waals surface area contributed by atoms with E-state index in [1.54, 1.807) is 24.3 Å². The predicted molar refractivity (Wildman–Crippen MR) is 118 cm³/mol. The largest absolute Gasteiger partial charge is 0.497 e. The van der Waals surface area contributed by atoms with Crippen molar-refractivity contribution in [2.45, 2.75) is 4.90 Å². The number of hydrogen-bond donors (Lipinski definition) is 2. The number of carbonyl (C=O) groups is 1. The fourth-order valence-corrected chi connectivity index (χ4v) is 3.90. The van der Waals surface area contributed by atoms with Crippen molar-refractivity contribution in [3.05, 3.63) is 82.4 Å². The van der Waals surface area contributed by atoms with Gasteiger partial charge in [0.25, 0.3) is 15.9 Å². The van der Waals surface area contributed by atoms with Crippen molar-refractivity contribution in [2.75, 3.05) is 24.3 Å². The van der Waals surface area contributed by atoms with Gasteiger partial charge in [0.2, 0.25) is 0 Å². The van der Waals surface area contributed by atoms with E-state index in [0.717, 1.165) is 6.07 Å². The zero-order valence-electron chi connectivity index (χ0n) is 17.1. The highest BCUT2D eigenvalue weighted by molar-refractivity contribution is 7.92. The normalized spacial score (nSPS) is 10.8. The molecule has 166 valence electrons. The fraction of sp³-hybridized carbons (Fsp3) is 0.0952. The number of rotatable bonds is 8. The highest BCUT2D eigenvalue weighted by Gasteiger charge is 2.19. The van der Waals surface area contributed by atoms with Crippen LogP contribution in [0.25, 0.3) is 0 Å². The molecule has 3 aromatic carbocycles. The molecule has 3 rings (SSSR count). The monoisotopic (exact) mass is 457 g/mol. The number of sulfonamides is 1. The molecule has 0 aliphatic rings. The van der Waals surface area contributed by atoms with Gasteiger partial charge in [-0.25, -0.2) is 8.42 Å². The number of nitrogens with zero attached hydrogens (tertiary/aromatic N) is 1. The number of methoxy groups -OCH3 is 2. The molecule has 0 heterocycles. The third-order valence-corrected chi connectivity index (χ3v) is 5.76. The second kappa shape index (κ2) is 9.35. The van der Waals surface area contributed by atoms with Crippen LogP contribution in [0.5, 0.6) is 11.5 Å². The van der Waals surface area contributed by atoms with Crippen LogP contribution in [0.15, 0.2) is 71.6 Å². The molecule has 0 fully saturated rings. The topological polar surface area (TPSA) is 137 Å². The summed E-state index contributed by atoms with van der Waals surface area (Å²) in [6.45, 7) is 0. The molecule has 0 saturated carbocycles. The van der Waals surface area contributed by atoms with E-state index in [4.69, 9.17) is 9.47 Å². The first kappa shape index (κ1) is 22.6. The van der Waals surface area contributed by atoms with Gasteiger partial charge in [0.05, 0.1) is 24.0 Å². The van der Waals surface area contributed by atoms with Gasteiger partial charge in [0.15, 0.2) is 5.75 Å². The third-order valence-electron chi connectivity index (χ3n) is 4.38. The Morgan fingerprint density at radius 1 is 0.938 bits per heavy atom. The smallest absolute Gasteiger partial charge is 0.311 e. The van der Waals surface area contributed by atoms with Gasteiger partial charge >= 0.3 is 5.69 Å². The van der Waals surface area contributed by atoms with Gasteiger partial charge in [0, 0.05) is 23.0 Å². The summed E-state index contributed by atoms with van der Waals surface area (Å²) in [7, 11) is -1.14. The van der Waals surface area contributed by atoms with Gasteiger partial charge in [-0.15, -0.1) is 0 Å². The summed E-state index contributed by atoms with van der Waals surface area (Å²) in [6, 6.07) is 15.7. The first-order valence-electron chi connectivity index (χ1n) is 9.14. The number of ether oxygens (including phenoxy) is 2. The summed E-state index contributed by atoms with van der Waals surface area (Å²) in [5.74, 6) is -0.0471. The Kier molecular flexibility index (Phi) is 6.59. The summed E-state index contributed by atoms with van der Waals surface area (Å²) in [5, 5.41) is 13.7. The van der Waals surface area contributed by atoms with Crippen LogP contribution in [0.1, 0.15) is 10.4 Å². The van der Waals surface area contributed by atoms with Crippen molar-refractivity contribution in [1.82, 2.24) is 0 Å². The minimum Gasteiger partial charge on any atom is -0.497 e. The van der Waals surface area contributed by atoms with E-state index in [9.17, 15) is 23.3 Å². The number of hydrogen-bond acceptors (Lipinski definition) is 7. The van der Waals surface area contributed by atoms with Gasteiger partial charge in [0.1, 0.15) is 5.75 Å². The lowest BCUT2D eigenvalue weighted by Gasteiger charge is -2.11. The number of anilines is 2. The third kappa shape index (κ3) is 5.13. The van der Waals surface area contributed by atoms with E-state index >= 15 is 0 Å². The average Bonchev–Trinajstić information content (AvgIpc) is 2.79. The molecule has 0 radical (unpaired) electrons. The van der Waals surface area contributed by atoms with Crippen LogP contribution in [-0.4, -0.2) is 33.5 Å². The molecule has 1 amide bonds. The second-order valence-electron chi connectivity index (χ2n) is 6.46. The SMILES string of the molecule is COc1ccc(NS(=O)(=O)c2cccc(NC(=O)c3ccc(OC)c([N+](=O)[O-])c3)c2)cc1. The Morgan fingerprint density at radius 3 is 2.28 bits per heavy atom. The van der Waals surface area contributed by atoms with Crippen LogP contribution >= 0.6 is 0 Å². The lowest BCUT2D eigenvalue weighted by Crippen LogP contribution is -2.15. The molecular weight excluding hydrogens is 438 g/mol. The molecule has 3 aromatic rings. The maximum atomic E-state index is 12.7. The zero-order valence-corrected chi connectivity index (χ0v) is 17.9. The minimum atomic E-state index is -3.93. The van der Waals surface area contributed by atoms with Gasteiger partial charge in [-0.1, -0.05) is 6.07 Å². The summed E-state index contributed by atoms with van der Waals surface area (Å²) in [5.41, 5.74) is 0.194. The van der Waals surface area contributed by atoms with Crippen LogP contribution in [0.3, 0.4) is 0 Å². The molecule has 0 aromatic heterocycles. The molecule has 0 bridgehead atoms. The summed E-state index contributed by atoms with van der Waals surface area (Å²) < 4.78 is 37.8. The molecule has 11 heteroatoms. The molecule has 2 N–H and O–H groups in total. The highest BCUT2D eigenvalue weighted by atomic mass is 32.2. The van der Waals surface area contributed by atoms with E-state index in [1.807, 2.05) is 0 Å². The zero-order chi connectivity index (χ0) is 23.3. The van der Waals surface area contributed by atoms with Crippen molar-refractivity contribution in [2.24, 2.45) is 0 Å². The van der Waals surface area contributed by atoms with E-state index in [2.05, 4.69) is 10.0 Å². The maximum absolute atomic E-state index is 12.7. The molecule has 0 unspecified atom stereocenters. The Morgan fingerprint density at radius 2 is 1.66 bits per heavy atom. The van der Waals surface area contributed by atoms with Crippen molar-refractivity contribution in [1.29, 1.82) is 0 Å². The summed E-state index contributed by atoms with van der Waals surface area (Å²) >= 11 is 0. The fourth-order valence-electron chi connectivity index (χ4n) is 2.79. The first-order valence-corrected chi connectivity index (χ1v) is 10.6. The van der Waals surface area contributed by atoms with E-state index in [-0.39, 0.29) is 27.6 Å². The molecule has 0 aliphatic heterocycles. The molecule has 0 aliphatic carbocycles.